The third-order valence-electron chi connectivity index (χ3n) is 6.63. The fraction of sp³-hybridized carbons (Fsp3) is 0.643. The topological polar surface area (TPSA) is 153 Å². The zero-order valence-electron chi connectivity index (χ0n) is 23.1. The summed E-state index contributed by atoms with van der Waals surface area (Å²) in [6.45, 7) is 0.347. The quantitative estimate of drug-likeness (QED) is 0.101. The zero-order chi connectivity index (χ0) is 29.8. The van der Waals surface area contributed by atoms with Crippen LogP contribution in [0.15, 0.2) is 12.1 Å². The summed E-state index contributed by atoms with van der Waals surface area (Å²) in [4.78, 5) is 45.2. The first-order chi connectivity index (χ1) is 19.2. The number of amides is 2. The van der Waals surface area contributed by atoms with Gasteiger partial charge >= 0.3 is 13.1 Å². The fourth-order valence-corrected chi connectivity index (χ4v) is 4.29. The highest BCUT2D eigenvalue weighted by atomic mass is 19.2. The van der Waals surface area contributed by atoms with Crippen molar-refractivity contribution >= 4 is 36.7 Å². The number of rotatable bonds is 23. The Balaban J connectivity index is 1.94. The van der Waals surface area contributed by atoms with Gasteiger partial charge in [0.25, 0.3) is 5.91 Å². The molecule has 1 rings (SSSR count). The van der Waals surface area contributed by atoms with Gasteiger partial charge in [-0.1, -0.05) is 76.7 Å². The molecule has 12 heteroatoms. The predicted molar refractivity (Wildman–Crippen MR) is 148 cm³/mol. The lowest BCUT2D eigenvalue weighted by molar-refractivity contribution is -0.137. The molecule has 0 heterocycles. The Hall–Kier alpha value is -2.86. The largest absolute Gasteiger partial charge is 0.491 e. The Morgan fingerprint density at radius 1 is 0.800 bits per heavy atom. The highest BCUT2D eigenvalue weighted by Gasteiger charge is 2.24. The number of carbonyl (C=O) groups is 3. The van der Waals surface area contributed by atoms with Gasteiger partial charge in [0, 0.05) is 24.8 Å². The highest BCUT2D eigenvalue weighted by molar-refractivity contribution is 6.58. The number of hydrogen-bond donors (Lipinski definition) is 5. The smallest absolute Gasteiger partial charge is 0.481 e. The molecule has 5 N–H and O–H groups in total. The molecule has 1 atom stereocenters. The van der Waals surface area contributed by atoms with Crippen molar-refractivity contribution in [1.29, 1.82) is 0 Å². The van der Waals surface area contributed by atoms with Gasteiger partial charge in [0.2, 0.25) is 12.2 Å². The third-order valence-corrected chi connectivity index (χ3v) is 6.63. The minimum Gasteiger partial charge on any atom is -0.481 e. The molecular formula is C28H42BF2N2O7. The van der Waals surface area contributed by atoms with Crippen LogP contribution in [0, 0.1) is 11.6 Å². The van der Waals surface area contributed by atoms with Gasteiger partial charge in [0.15, 0.2) is 11.6 Å². The monoisotopic (exact) mass is 567 g/mol. The van der Waals surface area contributed by atoms with Crippen LogP contribution in [0.5, 0.6) is 0 Å². The van der Waals surface area contributed by atoms with E-state index in [9.17, 15) is 28.0 Å². The van der Waals surface area contributed by atoms with Crippen molar-refractivity contribution in [2.75, 3.05) is 6.54 Å². The molecule has 1 radical (unpaired) electrons. The van der Waals surface area contributed by atoms with Crippen LogP contribution in [0.2, 0.25) is 0 Å². The van der Waals surface area contributed by atoms with Crippen LogP contribution < -0.4 is 16.1 Å². The molecule has 0 unspecified atom stereocenters. The Labute approximate surface area is 235 Å². The summed E-state index contributed by atoms with van der Waals surface area (Å²) in [5.74, 6) is -4.84. The second kappa shape index (κ2) is 21.0. The van der Waals surface area contributed by atoms with Crippen molar-refractivity contribution in [1.82, 2.24) is 10.6 Å². The predicted octanol–water partition coefficient (Wildman–Crippen LogP) is 3.30. The molecule has 0 aromatic heterocycles. The van der Waals surface area contributed by atoms with Gasteiger partial charge in [-0.25, -0.2) is 8.78 Å². The van der Waals surface area contributed by atoms with Gasteiger partial charge in [-0.05, 0) is 25.3 Å². The van der Waals surface area contributed by atoms with Crippen molar-refractivity contribution < 1.29 is 43.1 Å². The molecule has 2 amide bonds. The van der Waals surface area contributed by atoms with E-state index in [0.717, 1.165) is 82.8 Å². The molecule has 0 bridgehead atoms. The second-order valence-corrected chi connectivity index (χ2v) is 9.98. The first-order valence-corrected chi connectivity index (χ1v) is 14.2. The van der Waals surface area contributed by atoms with E-state index in [1.54, 1.807) is 6.29 Å². The van der Waals surface area contributed by atoms with E-state index >= 15 is 0 Å². The maximum atomic E-state index is 14.0. The minimum atomic E-state index is -2.15. The minimum absolute atomic E-state index is 0.0507. The Bertz CT molecular complexity index is 934. The van der Waals surface area contributed by atoms with Crippen molar-refractivity contribution in [3.8, 4) is 0 Å². The van der Waals surface area contributed by atoms with Gasteiger partial charge in [-0.3, -0.25) is 19.2 Å². The Kier molecular flexibility index (Phi) is 18.4. The molecule has 40 heavy (non-hydrogen) atoms. The summed E-state index contributed by atoms with van der Waals surface area (Å²) in [7, 11) is -2.15. The molecule has 0 spiro atoms. The van der Waals surface area contributed by atoms with Gasteiger partial charge in [-0.2, -0.15) is 0 Å². The van der Waals surface area contributed by atoms with E-state index in [0.29, 0.717) is 13.0 Å². The zero-order valence-corrected chi connectivity index (χ0v) is 23.1. The average molecular weight is 567 g/mol. The summed E-state index contributed by atoms with van der Waals surface area (Å²) in [5, 5.41) is 31.7. The summed E-state index contributed by atoms with van der Waals surface area (Å²) in [6.07, 6.45) is 15.2. The molecule has 9 nitrogen and oxygen atoms in total. The number of halogens is 2. The molecule has 0 aliphatic carbocycles. The maximum absolute atomic E-state index is 14.0. The summed E-state index contributed by atoms with van der Waals surface area (Å²) in [5.41, 5.74) is -1.09. The highest BCUT2D eigenvalue weighted by Crippen LogP contribution is 2.14. The lowest BCUT2D eigenvalue weighted by Gasteiger charge is -2.10. The van der Waals surface area contributed by atoms with Crippen molar-refractivity contribution in [2.45, 2.75) is 109 Å². The SMILES string of the molecule is O=[C][C@H](CCC(=O)O)NC(=O)CCCCCCCCCCCCCCCNC(=O)c1ccc(B(O)O)c(F)c1F. The van der Waals surface area contributed by atoms with Crippen LogP contribution in [-0.4, -0.2) is 58.9 Å². The van der Waals surface area contributed by atoms with Crippen LogP contribution in [0.1, 0.15) is 113 Å². The number of aliphatic carboxylic acids is 1. The van der Waals surface area contributed by atoms with Gasteiger partial charge < -0.3 is 25.8 Å². The van der Waals surface area contributed by atoms with E-state index in [2.05, 4.69) is 10.6 Å². The summed E-state index contributed by atoms with van der Waals surface area (Å²) >= 11 is 0. The van der Waals surface area contributed by atoms with Crippen LogP contribution in [0.25, 0.3) is 0 Å². The Morgan fingerprint density at radius 3 is 1.82 bits per heavy atom. The number of hydrogen-bond acceptors (Lipinski definition) is 6. The number of carboxylic acid groups (broad SMARTS) is 1. The summed E-state index contributed by atoms with van der Waals surface area (Å²) < 4.78 is 27.8. The molecule has 0 fully saturated rings. The number of carbonyl (C=O) groups excluding carboxylic acids is 3. The van der Waals surface area contributed by atoms with Crippen LogP contribution in [0.4, 0.5) is 8.78 Å². The molecule has 0 saturated heterocycles. The van der Waals surface area contributed by atoms with Crippen LogP contribution in [0.3, 0.4) is 0 Å². The molecule has 0 aliphatic heterocycles. The molecule has 1 aromatic carbocycles. The lowest BCUT2D eigenvalue weighted by Crippen LogP contribution is -2.36. The fourth-order valence-electron chi connectivity index (χ4n) is 4.29. The van der Waals surface area contributed by atoms with Crippen molar-refractivity contribution in [2.24, 2.45) is 0 Å². The van der Waals surface area contributed by atoms with Crippen LogP contribution >= 0.6 is 0 Å². The van der Waals surface area contributed by atoms with E-state index in [1.165, 1.54) is 12.8 Å². The van der Waals surface area contributed by atoms with E-state index in [-0.39, 0.29) is 18.7 Å². The summed E-state index contributed by atoms with van der Waals surface area (Å²) in [6, 6.07) is 1.14. The van der Waals surface area contributed by atoms with E-state index in [4.69, 9.17) is 15.2 Å². The third kappa shape index (κ3) is 15.1. The maximum Gasteiger partial charge on any atom is 0.491 e. The van der Waals surface area contributed by atoms with Gasteiger partial charge in [-0.15, -0.1) is 0 Å². The lowest BCUT2D eigenvalue weighted by atomic mass is 9.79. The normalized spacial score (nSPS) is 11.6. The number of benzene rings is 1. The first kappa shape index (κ1) is 35.2. The average Bonchev–Trinajstić information content (AvgIpc) is 2.91. The van der Waals surface area contributed by atoms with Crippen molar-refractivity contribution in [3.63, 3.8) is 0 Å². The second-order valence-electron chi connectivity index (χ2n) is 9.98. The number of nitrogens with one attached hydrogen (secondary N) is 2. The molecule has 1 aromatic rings. The number of carboxylic acids is 1. The molecule has 223 valence electrons. The first-order valence-electron chi connectivity index (χ1n) is 14.2. The Morgan fingerprint density at radius 2 is 1.32 bits per heavy atom. The van der Waals surface area contributed by atoms with E-state index in [1.807, 2.05) is 0 Å². The molecule has 0 aliphatic rings. The van der Waals surface area contributed by atoms with E-state index < -0.39 is 47.7 Å². The number of unbranched alkanes of at least 4 members (excludes halogenated alkanes) is 12. The van der Waals surface area contributed by atoms with Gasteiger partial charge in [0.05, 0.1) is 11.6 Å². The standard InChI is InChI=1S/C28H42BF2N2O7/c30-26-22(16-17-23(27(26)31)29(39)40)28(38)32-19-13-11-9-7-5-3-1-2-4-6-8-10-12-14-24(35)33-21(20-34)15-18-25(36)37/h16-17,21,39-40H,1-15,18-19H2,(H,32,38)(H,33,35)(H,36,37)/t21-/m0/s1. The molecule has 0 saturated carbocycles. The van der Waals surface area contributed by atoms with Crippen molar-refractivity contribution in [3.05, 3.63) is 29.3 Å². The molecular weight excluding hydrogens is 525 g/mol. The van der Waals surface area contributed by atoms with Gasteiger partial charge in [0.1, 0.15) is 0 Å². The van der Waals surface area contributed by atoms with Crippen LogP contribution in [-0.2, 0) is 14.4 Å².